The number of carbonyl (C=O) groups is 2. The van der Waals surface area contributed by atoms with Crippen molar-refractivity contribution in [3.8, 4) is 11.8 Å². The van der Waals surface area contributed by atoms with Crippen LogP contribution in [0, 0.1) is 11.3 Å². The van der Waals surface area contributed by atoms with Crippen LogP contribution in [0.25, 0.3) is 16.5 Å². The van der Waals surface area contributed by atoms with Crippen LogP contribution in [0.3, 0.4) is 0 Å². The van der Waals surface area contributed by atoms with Crippen LogP contribution in [-0.4, -0.2) is 48.2 Å². The maximum atomic E-state index is 12.1. The van der Waals surface area contributed by atoms with Gasteiger partial charge in [0.15, 0.2) is 13.0 Å². The van der Waals surface area contributed by atoms with E-state index in [1.807, 2.05) is 42.7 Å². The predicted molar refractivity (Wildman–Crippen MR) is 114 cm³/mol. The molecule has 0 bridgehead atoms. The van der Waals surface area contributed by atoms with Gasteiger partial charge in [0.1, 0.15) is 6.54 Å². The molecule has 3 rings (SSSR count). The molecule has 146 valence electrons. The highest BCUT2D eigenvalue weighted by atomic mass is 32.2. The average Bonchev–Trinajstić information content (AvgIpc) is 3.10. The Morgan fingerprint density at radius 1 is 1.28 bits per heavy atom. The van der Waals surface area contributed by atoms with E-state index in [4.69, 9.17) is 4.74 Å². The fourth-order valence-corrected chi connectivity index (χ4v) is 3.81. The number of carbonyl (C=O) groups excluding carboxylic acids is 2. The van der Waals surface area contributed by atoms with Crippen LogP contribution < -0.4 is 10.9 Å². The fraction of sp³-hybridized carbons (Fsp3) is 0.200. The Morgan fingerprint density at radius 2 is 2.03 bits per heavy atom. The van der Waals surface area contributed by atoms with E-state index >= 15 is 0 Å². The second kappa shape index (κ2) is 9.30. The fourth-order valence-electron chi connectivity index (χ4n) is 2.95. The van der Waals surface area contributed by atoms with Gasteiger partial charge in [-0.15, -0.1) is 0 Å². The standard InChI is InChI=1S/C20H19BN4O3S/c1-2-28-19(27)11-23-18(26)12-29-20-24-10-17(21)25(20)16-8-7-13(9-22)14-5-3-4-6-15(14)16/h3-8,10H,2,11-12,21H2,1H3,(H,23,26). The minimum Gasteiger partial charge on any atom is -0.465 e. The highest BCUT2D eigenvalue weighted by molar-refractivity contribution is 7.99. The lowest BCUT2D eigenvalue weighted by atomic mass is 10.0. The summed E-state index contributed by atoms with van der Waals surface area (Å²) in [6.07, 6.45) is 1.74. The number of benzene rings is 2. The monoisotopic (exact) mass is 406 g/mol. The van der Waals surface area contributed by atoms with E-state index in [0.29, 0.717) is 10.7 Å². The van der Waals surface area contributed by atoms with Gasteiger partial charge in [-0.3, -0.25) is 9.59 Å². The Hall–Kier alpha value is -3.25. The summed E-state index contributed by atoms with van der Waals surface area (Å²) >= 11 is 1.28. The smallest absolute Gasteiger partial charge is 0.325 e. The van der Waals surface area contributed by atoms with E-state index in [2.05, 4.69) is 16.4 Å². The predicted octanol–water partition coefficient (Wildman–Crippen LogP) is 0.927. The zero-order chi connectivity index (χ0) is 20.8. The molecule has 0 unspecified atom stereocenters. The molecule has 0 aliphatic heterocycles. The molecule has 0 aliphatic rings. The minimum atomic E-state index is -0.466. The number of amides is 1. The third-order valence-corrected chi connectivity index (χ3v) is 5.19. The molecule has 1 heterocycles. The van der Waals surface area contributed by atoms with E-state index in [9.17, 15) is 14.9 Å². The summed E-state index contributed by atoms with van der Waals surface area (Å²) in [6, 6.07) is 13.6. The highest BCUT2D eigenvalue weighted by Gasteiger charge is 2.15. The van der Waals surface area contributed by atoms with Gasteiger partial charge in [0, 0.05) is 17.0 Å². The number of aromatic nitrogens is 2. The van der Waals surface area contributed by atoms with Crippen molar-refractivity contribution in [2.45, 2.75) is 12.1 Å². The summed E-state index contributed by atoms with van der Waals surface area (Å²) in [5.74, 6) is -0.628. The molecule has 7 nitrogen and oxygen atoms in total. The maximum Gasteiger partial charge on any atom is 0.325 e. The Bertz CT molecular complexity index is 1110. The molecule has 0 atom stereocenters. The van der Waals surface area contributed by atoms with Crippen molar-refractivity contribution >= 4 is 47.9 Å². The average molecular weight is 406 g/mol. The number of rotatable bonds is 7. The van der Waals surface area contributed by atoms with Gasteiger partial charge in [0.25, 0.3) is 0 Å². The third-order valence-electron chi connectivity index (χ3n) is 4.24. The molecule has 0 spiro atoms. The molecule has 0 saturated carbocycles. The Kier molecular flexibility index (Phi) is 6.57. The van der Waals surface area contributed by atoms with Gasteiger partial charge in [0.05, 0.1) is 29.7 Å². The number of ether oxygens (including phenoxy) is 1. The lowest BCUT2D eigenvalue weighted by molar-refractivity contribution is -0.143. The number of fused-ring (bicyclic) bond motifs is 1. The van der Waals surface area contributed by atoms with Gasteiger partial charge in [0.2, 0.25) is 5.91 Å². The molecule has 0 radical (unpaired) electrons. The summed E-state index contributed by atoms with van der Waals surface area (Å²) in [5, 5.41) is 14.4. The van der Waals surface area contributed by atoms with E-state index in [1.165, 1.54) is 11.8 Å². The molecule has 1 amide bonds. The number of nitriles is 1. The molecule has 0 aliphatic carbocycles. The number of esters is 1. The maximum absolute atomic E-state index is 12.1. The lowest BCUT2D eigenvalue weighted by Crippen LogP contribution is -2.32. The summed E-state index contributed by atoms with van der Waals surface area (Å²) < 4.78 is 6.76. The van der Waals surface area contributed by atoms with Gasteiger partial charge < -0.3 is 14.6 Å². The van der Waals surface area contributed by atoms with Crippen molar-refractivity contribution in [3.63, 3.8) is 0 Å². The second-order valence-electron chi connectivity index (χ2n) is 6.18. The second-order valence-corrected chi connectivity index (χ2v) is 7.12. The molecule has 29 heavy (non-hydrogen) atoms. The highest BCUT2D eigenvalue weighted by Crippen LogP contribution is 2.28. The Labute approximate surface area is 173 Å². The molecule has 9 heteroatoms. The van der Waals surface area contributed by atoms with Crippen LogP contribution in [0.4, 0.5) is 0 Å². The lowest BCUT2D eigenvalue weighted by Gasteiger charge is -2.14. The van der Waals surface area contributed by atoms with Crippen molar-refractivity contribution in [2.24, 2.45) is 0 Å². The number of imidazole rings is 1. The zero-order valence-electron chi connectivity index (χ0n) is 16.1. The zero-order valence-corrected chi connectivity index (χ0v) is 17.0. The SMILES string of the molecule is Bc1cnc(SCC(=O)NCC(=O)OCC)n1-c1ccc(C#N)c2ccccc12. The van der Waals surface area contributed by atoms with Crippen molar-refractivity contribution < 1.29 is 14.3 Å². The van der Waals surface area contributed by atoms with Gasteiger partial charge in [-0.2, -0.15) is 5.26 Å². The Morgan fingerprint density at radius 3 is 2.76 bits per heavy atom. The first-order valence-corrected chi connectivity index (χ1v) is 10.1. The first kappa shape index (κ1) is 20.5. The van der Waals surface area contributed by atoms with Crippen LogP contribution in [0.5, 0.6) is 0 Å². The summed E-state index contributed by atoms with van der Waals surface area (Å²) in [6.45, 7) is 1.84. The molecular formula is C20H19BN4O3S. The summed E-state index contributed by atoms with van der Waals surface area (Å²) in [5.41, 5.74) is 2.41. The summed E-state index contributed by atoms with van der Waals surface area (Å²) in [7, 11) is 1.94. The molecular weight excluding hydrogens is 387 g/mol. The van der Waals surface area contributed by atoms with Gasteiger partial charge in [-0.05, 0) is 24.6 Å². The van der Waals surface area contributed by atoms with Crippen LogP contribution in [0.1, 0.15) is 12.5 Å². The topological polar surface area (TPSA) is 97.0 Å². The number of thioether (sulfide) groups is 1. The first-order valence-electron chi connectivity index (χ1n) is 9.06. The number of hydrogen-bond acceptors (Lipinski definition) is 6. The normalized spacial score (nSPS) is 10.5. The van der Waals surface area contributed by atoms with Crippen LogP contribution >= 0.6 is 11.8 Å². The largest absolute Gasteiger partial charge is 0.465 e. The number of hydrogen-bond donors (Lipinski definition) is 1. The van der Waals surface area contributed by atoms with Crippen LogP contribution in [0.15, 0.2) is 47.8 Å². The van der Waals surface area contributed by atoms with Gasteiger partial charge in [-0.25, -0.2) is 4.98 Å². The van der Waals surface area contributed by atoms with E-state index < -0.39 is 5.97 Å². The first-order chi connectivity index (χ1) is 14.0. The molecule has 2 aromatic carbocycles. The molecule has 0 fully saturated rings. The van der Waals surface area contributed by atoms with E-state index in [0.717, 1.165) is 22.1 Å². The van der Waals surface area contributed by atoms with E-state index in [-0.39, 0.29) is 24.8 Å². The van der Waals surface area contributed by atoms with Crippen molar-refractivity contribution in [2.75, 3.05) is 18.9 Å². The Balaban J connectivity index is 1.83. The number of nitrogens with zero attached hydrogens (tertiary/aromatic N) is 3. The van der Waals surface area contributed by atoms with Crippen LogP contribution in [0.2, 0.25) is 0 Å². The minimum absolute atomic E-state index is 0.115. The molecule has 1 N–H and O–H groups in total. The molecule has 1 aromatic heterocycles. The van der Waals surface area contributed by atoms with Gasteiger partial charge in [-0.1, -0.05) is 36.0 Å². The van der Waals surface area contributed by atoms with Crippen molar-refractivity contribution in [1.82, 2.24) is 14.9 Å². The third kappa shape index (κ3) is 4.61. The van der Waals surface area contributed by atoms with Crippen LogP contribution in [-0.2, 0) is 14.3 Å². The van der Waals surface area contributed by atoms with Gasteiger partial charge >= 0.3 is 5.97 Å². The quantitative estimate of drug-likeness (QED) is 0.356. The molecule has 0 saturated heterocycles. The van der Waals surface area contributed by atoms with Crippen molar-refractivity contribution in [1.29, 1.82) is 5.26 Å². The summed E-state index contributed by atoms with van der Waals surface area (Å²) in [4.78, 5) is 27.8. The van der Waals surface area contributed by atoms with E-state index in [1.54, 1.807) is 19.2 Å². The molecule has 3 aromatic rings. The number of nitrogens with one attached hydrogen (secondary N) is 1. The van der Waals surface area contributed by atoms with Crippen molar-refractivity contribution in [3.05, 3.63) is 48.2 Å².